The van der Waals surface area contributed by atoms with Crippen LogP contribution in [0.4, 0.5) is 5.69 Å². The highest BCUT2D eigenvalue weighted by Crippen LogP contribution is 2.24. The third-order valence-electron chi connectivity index (χ3n) is 1.77. The number of para-hydroxylation sites is 1. The summed E-state index contributed by atoms with van der Waals surface area (Å²) in [5, 5.41) is 6.79. The van der Waals surface area contributed by atoms with Gasteiger partial charge in [0.25, 0.3) is 0 Å². The molecule has 0 atom stereocenters. The zero-order valence-electron chi connectivity index (χ0n) is 7.82. The van der Waals surface area contributed by atoms with E-state index >= 15 is 0 Å². The van der Waals surface area contributed by atoms with Crippen molar-refractivity contribution >= 4 is 17.9 Å². The van der Waals surface area contributed by atoms with E-state index in [9.17, 15) is 0 Å². The van der Waals surface area contributed by atoms with Crippen molar-refractivity contribution in [1.29, 1.82) is 5.41 Å². The van der Waals surface area contributed by atoms with Gasteiger partial charge >= 0.3 is 0 Å². The van der Waals surface area contributed by atoms with Gasteiger partial charge in [0.05, 0.1) is 12.8 Å². The molecule has 0 unspecified atom stereocenters. The summed E-state index contributed by atoms with van der Waals surface area (Å²) in [6.45, 7) is 0. The topological polar surface area (TPSA) is 97.5 Å². The molecule has 1 aromatic rings. The van der Waals surface area contributed by atoms with Crippen molar-refractivity contribution < 1.29 is 4.74 Å². The van der Waals surface area contributed by atoms with E-state index in [0.717, 1.165) is 6.34 Å². The van der Waals surface area contributed by atoms with Crippen LogP contribution < -0.4 is 16.2 Å². The first kappa shape index (κ1) is 10.0. The minimum absolute atomic E-state index is 0.205. The predicted octanol–water partition coefficient (Wildman–Crippen LogP) is 0.590. The van der Waals surface area contributed by atoms with Gasteiger partial charge in [0.1, 0.15) is 17.9 Å². The Hall–Kier alpha value is -2.04. The van der Waals surface area contributed by atoms with Gasteiger partial charge in [-0.05, 0) is 12.1 Å². The first-order valence-electron chi connectivity index (χ1n) is 3.95. The van der Waals surface area contributed by atoms with Gasteiger partial charge in [0, 0.05) is 5.56 Å². The molecule has 5 nitrogen and oxygen atoms in total. The second-order valence-electron chi connectivity index (χ2n) is 2.56. The van der Waals surface area contributed by atoms with E-state index in [2.05, 4.69) is 4.99 Å². The number of hydrogen-bond donors (Lipinski definition) is 3. The number of nitrogen functional groups attached to an aromatic ring is 1. The molecule has 0 saturated carbocycles. The van der Waals surface area contributed by atoms with Crippen molar-refractivity contribution in [2.24, 2.45) is 10.7 Å². The van der Waals surface area contributed by atoms with Crippen LogP contribution in [0.1, 0.15) is 5.56 Å². The van der Waals surface area contributed by atoms with Crippen LogP contribution in [-0.4, -0.2) is 19.3 Å². The largest absolute Gasteiger partial charge is 0.495 e. The smallest absolute Gasteiger partial charge is 0.142 e. The Balaban J connectivity index is 3.22. The lowest BCUT2D eigenvalue weighted by molar-refractivity contribution is 0.417. The highest BCUT2D eigenvalue weighted by atomic mass is 16.5. The third-order valence-corrected chi connectivity index (χ3v) is 1.77. The minimum Gasteiger partial charge on any atom is -0.495 e. The van der Waals surface area contributed by atoms with Gasteiger partial charge < -0.3 is 16.2 Å². The maximum Gasteiger partial charge on any atom is 0.142 e. The van der Waals surface area contributed by atoms with Crippen molar-refractivity contribution in [1.82, 2.24) is 0 Å². The maximum absolute atomic E-state index is 6.79. The van der Waals surface area contributed by atoms with E-state index in [1.54, 1.807) is 18.2 Å². The highest BCUT2D eigenvalue weighted by Gasteiger charge is 2.07. The van der Waals surface area contributed by atoms with Crippen LogP contribution in [0.2, 0.25) is 0 Å². The molecule has 5 heteroatoms. The monoisotopic (exact) mass is 192 g/mol. The number of amidine groups is 1. The zero-order chi connectivity index (χ0) is 10.6. The Morgan fingerprint density at radius 2 is 2.29 bits per heavy atom. The van der Waals surface area contributed by atoms with Crippen LogP contribution in [0.15, 0.2) is 23.2 Å². The number of rotatable bonds is 3. The highest BCUT2D eigenvalue weighted by molar-refractivity contribution is 6.05. The minimum atomic E-state index is 0.205. The van der Waals surface area contributed by atoms with Crippen molar-refractivity contribution in [3.05, 3.63) is 23.8 Å². The predicted molar refractivity (Wildman–Crippen MR) is 56.9 cm³/mol. The normalized spacial score (nSPS) is 11.1. The fraction of sp³-hybridized carbons (Fsp3) is 0.111. The average Bonchev–Trinajstić information content (AvgIpc) is 2.18. The quantitative estimate of drug-likeness (QED) is 0.371. The summed E-state index contributed by atoms with van der Waals surface area (Å²) in [7, 11) is 1.53. The molecule has 5 N–H and O–H groups in total. The lowest BCUT2D eigenvalue weighted by Crippen LogP contribution is -2.15. The van der Waals surface area contributed by atoms with Gasteiger partial charge in [-0.3, -0.25) is 5.41 Å². The third kappa shape index (κ3) is 1.82. The molecule has 0 aliphatic carbocycles. The van der Waals surface area contributed by atoms with Crippen molar-refractivity contribution in [2.45, 2.75) is 0 Å². The van der Waals surface area contributed by atoms with Crippen LogP contribution in [0.3, 0.4) is 0 Å². The summed E-state index contributed by atoms with van der Waals surface area (Å²) in [6, 6.07) is 5.22. The molecule has 0 saturated heterocycles. The Bertz CT molecular complexity index is 373. The van der Waals surface area contributed by atoms with E-state index < -0.39 is 0 Å². The average molecular weight is 192 g/mol. The fourth-order valence-corrected chi connectivity index (χ4v) is 1.08. The Kier molecular flexibility index (Phi) is 3.06. The first-order chi connectivity index (χ1) is 6.70. The summed E-state index contributed by atoms with van der Waals surface area (Å²) in [5.74, 6) is 0.752. The van der Waals surface area contributed by atoms with Crippen LogP contribution in [0.25, 0.3) is 0 Å². The van der Waals surface area contributed by atoms with E-state index in [1.807, 2.05) is 0 Å². The van der Waals surface area contributed by atoms with Gasteiger partial charge in [-0.15, -0.1) is 0 Å². The summed E-state index contributed by atoms with van der Waals surface area (Å²) in [6.07, 6.45) is 0.869. The molecule has 0 aliphatic rings. The zero-order valence-corrected chi connectivity index (χ0v) is 7.82. The molecule has 14 heavy (non-hydrogen) atoms. The van der Waals surface area contributed by atoms with Crippen LogP contribution in [0, 0.1) is 5.41 Å². The molecule has 0 bridgehead atoms. The number of hydrogen-bond acceptors (Lipinski definition) is 3. The fourth-order valence-electron chi connectivity index (χ4n) is 1.08. The second-order valence-corrected chi connectivity index (χ2v) is 2.56. The maximum atomic E-state index is 6.79. The molecule has 0 aliphatic heterocycles. The number of ether oxygens (including phenoxy) is 1. The second kappa shape index (κ2) is 4.27. The molecule has 0 radical (unpaired) electrons. The molecule has 74 valence electrons. The van der Waals surface area contributed by atoms with Crippen molar-refractivity contribution in [3.8, 4) is 5.75 Å². The number of anilines is 1. The Labute approximate surface area is 81.9 Å². The van der Waals surface area contributed by atoms with Gasteiger partial charge in [0.15, 0.2) is 0 Å². The standard InChI is InChI=1S/C9H12N4O/c1-14-7-4-2-3-6(8(7)11)9(12)13-5-10/h2-5H,11H2,1H3,(H3,10,12,13). The number of nitrogens with one attached hydrogen (secondary N) is 1. The van der Waals surface area contributed by atoms with E-state index in [-0.39, 0.29) is 5.84 Å². The van der Waals surface area contributed by atoms with Gasteiger partial charge in [-0.25, -0.2) is 4.99 Å². The van der Waals surface area contributed by atoms with Crippen LogP contribution in [-0.2, 0) is 0 Å². The number of aliphatic imine (C=N–C) groups is 1. The SMILES string of the molecule is COc1cccc(C(N)=NC=N)c1N. The summed E-state index contributed by atoms with van der Waals surface area (Å²) in [4.78, 5) is 3.63. The number of nitrogens with zero attached hydrogens (tertiary/aromatic N) is 1. The molecule has 0 fully saturated rings. The van der Waals surface area contributed by atoms with Gasteiger partial charge in [0.2, 0.25) is 0 Å². The summed E-state index contributed by atoms with van der Waals surface area (Å²) < 4.78 is 5.02. The number of nitrogens with two attached hydrogens (primary N) is 2. The molecule has 0 aromatic heterocycles. The molecular weight excluding hydrogens is 180 g/mol. The molecule has 1 aromatic carbocycles. The number of benzene rings is 1. The molecule has 0 heterocycles. The van der Waals surface area contributed by atoms with Crippen molar-refractivity contribution in [2.75, 3.05) is 12.8 Å². The molecule has 0 amide bonds. The van der Waals surface area contributed by atoms with Gasteiger partial charge in [-0.1, -0.05) is 6.07 Å². The molecular formula is C9H12N4O. The van der Waals surface area contributed by atoms with Crippen LogP contribution in [0.5, 0.6) is 5.75 Å². The van der Waals surface area contributed by atoms with E-state index in [4.69, 9.17) is 21.6 Å². The Morgan fingerprint density at radius 1 is 1.57 bits per heavy atom. The van der Waals surface area contributed by atoms with Crippen LogP contribution >= 0.6 is 0 Å². The summed E-state index contributed by atoms with van der Waals surface area (Å²) in [5.41, 5.74) is 12.4. The Morgan fingerprint density at radius 3 is 2.86 bits per heavy atom. The molecule has 0 spiro atoms. The van der Waals surface area contributed by atoms with Gasteiger partial charge in [-0.2, -0.15) is 0 Å². The van der Waals surface area contributed by atoms with Crippen molar-refractivity contribution in [3.63, 3.8) is 0 Å². The number of methoxy groups -OCH3 is 1. The lowest BCUT2D eigenvalue weighted by atomic mass is 10.1. The van der Waals surface area contributed by atoms with E-state index in [1.165, 1.54) is 7.11 Å². The van der Waals surface area contributed by atoms with E-state index in [0.29, 0.717) is 17.0 Å². The lowest BCUT2D eigenvalue weighted by Gasteiger charge is -2.08. The molecule has 1 rings (SSSR count). The summed E-state index contributed by atoms with van der Waals surface area (Å²) >= 11 is 0. The first-order valence-corrected chi connectivity index (χ1v) is 3.95.